The number of unbranched alkanes of at least 4 members (excludes halogenated alkanes) is 20. The molecule has 0 heterocycles. The van der Waals surface area contributed by atoms with Gasteiger partial charge in [-0.3, -0.25) is 0 Å². The molecule has 0 aliphatic carbocycles. The number of aryl methyl sites for hydroxylation is 5. The summed E-state index contributed by atoms with van der Waals surface area (Å²) in [5.74, 6) is 7.11. The Bertz CT molecular complexity index is 4260. The molecule has 7 nitrogen and oxygen atoms in total. The Morgan fingerprint density at radius 2 is 0.481 bits per heavy atom. The van der Waals surface area contributed by atoms with Crippen LogP contribution >= 0.6 is 0 Å². The lowest BCUT2D eigenvalue weighted by molar-refractivity contribution is 0.301. The molecule has 0 fully saturated rings. The van der Waals surface area contributed by atoms with E-state index in [0.29, 0.717) is 19.8 Å². The van der Waals surface area contributed by atoms with Gasteiger partial charge in [0.05, 0.1) is 33.0 Å². The van der Waals surface area contributed by atoms with Crippen LogP contribution in [0, 0.1) is 0 Å². The van der Waals surface area contributed by atoms with Crippen LogP contribution in [0.5, 0.6) is 40.2 Å². The summed E-state index contributed by atoms with van der Waals surface area (Å²) < 4.78 is 40.9. The first-order valence-electron chi connectivity index (χ1n) is 48.1. The minimum absolute atomic E-state index is 0.575. The predicted molar refractivity (Wildman–Crippen MR) is 565 cm³/mol. The summed E-state index contributed by atoms with van der Waals surface area (Å²) in [5.41, 5.74) is 12.5. The minimum atomic E-state index is 0.575. The van der Waals surface area contributed by atoms with Gasteiger partial charge in [-0.05, 0) is 318 Å². The molecule has 0 atom stereocenters. The lowest BCUT2D eigenvalue weighted by atomic mass is 10.0. The Hall–Kier alpha value is -11.3. The Balaban J connectivity index is 0.000000512. The Kier molecular flexibility index (Phi) is 73.8. The van der Waals surface area contributed by atoms with Gasteiger partial charge in [0.1, 0.15) is 53.5 Å². The van der Waals surface area contributed by atoms with Gasteiger partial charge in [0.2, 0.25) is 0 Å². The number of ether oxygens (including phenoxy) is 7. The lowest BCUT2D eigenvalue weighted by Gasteiger charge is -2.11. The summed E-state index contributed by atoms with van der Waals surface area (Å²) in [7, 11) is 0. The average molecular weight is 1740 g/mol. The largest absolute Gasteiger partial charge is 0.493 e. The van der Waals surface area contributed by atoms with E-state index < -0.39 is 0 Å². The Morgan fingerprint density at radius 3 is 0.853 bits per heavy atom. The van der Waals surface area contributed by atoms with E-state index in [1.807, 2.05) is 158 Å². The van der Waals surface area contributed by atoms with Gasteiger partial charge < -0.3 is 33.2 Å². The fourth-order valence-electron chi connectivity index (χ4n) is 13.4. The lowest BCUT2D eigenvalue weighted by Crippen LogP contribution is -2.00. The molecule has 0 aromatic heterocycles. The van der Waals surface area contributed by atoms with Crippen LogP contribution in [-0.4, -0.2) is 39.6 Å². The van der Waals surface area contributed by atoms with Crippen LogP contribution in [-0.2, 0) is 51.6 Å². The third kappa shape index (κ3) is 60.2. The highest BCUT2D eigenvalue weighted by Crippen LogP contribution is 2.28. The first-order chi connectivity index (χ1) is 63.5. The number of hydrogen-bond donors (Lipinski definition) is 0. The standard InChI is InChI=1S/C22H34O.C20H30O.C18H18O.C18H26O.C16H22O.2C14H18O/c1-3-5-7-9-11-13-17-21-18-14-15-19-22(21)23-20-16-12-10-8-6-4-2;1-3-5-7-9-11-15-19-16-12-13-17-20(19)21-18-14-10-8-6-4-2;1-3-7-17-8-5-6-9-18(17)19-14-16-12-10-15(4-2)11-13-16;1-3-5-7-9-13-17-14-10-11-15-18(17)19-16-12-8-6-4-2;1-3-5-7-11-15-12-8-9-13-16(15)17-14-10-6-4-2;1-4-7-13-8-5-6-9-14(13)15-11-10-12(2)3;1-3-5-9-13-10-7-8-11-14(13)15-12-6-4-2/h3-4,14-15,18-19H,1-2,5-13,16-17,20H2;3-4,12-13,16-17H,1-2,5-11,14-15,18H2;3-6,8-13H,1-2,7,14H2;3-4,10-11,14-15H,1-2,5-9,12-13,16H2;3-4,8-9,12-13H,1-2,5-7,10-11,14H2;4-6,8-10H,1,7,11H2,2-3H3;3-4,7-8,10-11H,1-2,5-6,9,12H2. The molecule has 696 valence electrons. The van der Waals surface area contributed by atoms with Gasteiger partial charge in [0, 0.05) is 0 Å². The highest BCUT2D eigenvalue weighted by Gasteiger charge is 2.10. The van der Waals surface area contributed by atoms with Crippen molar-refractivity contribution in [1.82, 2.24) is 0 Å². The van der Waals surface area contributed by atoms with Crippen LogP contribution in [0.4, 0.5) is 0 Å². The summed E-state index contributed by atoms with van der Waals surface area (Å²) in [6.07, 6.45) is 69.2. The number of rotatable bonds is 66. The zero-order valence-electron chi connectivity index (χ0n) is 80.2. The topological polar surface area (TPSA) is 64.6 Å². The van der Waals surface area contributed by atoms with E-state index in [0.717, 1.165) is 225 Å². The van der Waals surface area contributed by atoms with Crippen molar-refractivity contribution in [2.45, 2.75) is 258 Å². The average Bonchev–Trinajstić information content (AvgIpc) is 0.885. The van der Waals surface area contributed by atoms with Gasteiger partial charge in [-0.25, -0.2) is 0 Å². The van der Waals surface area contributed by atoms with Crippen molar-refractivity contribution in [3.8, 4) is 40.2 Å². The van der Waals surface area contributed by atoms with Gasteiger partial charge in [0.15, 0.2) is 0 Å². The van der Waals surface area contributed by atoms with Crippen molar-refractivity contribution in [2.75, 3.05) is 39.6 Å². The van der Waals surface area contributed by atoms with Gasteiger partial charge in [-0.15, -0.1) is 78.9 Å². The molecule has 0 spiro atoms. The van der Waals surface area contributed by atoms with Crippen LogP contribution in [0.15, 0.2) is 364 Å². The van der Waals surface area contributed by atoms with E-state index in [9.17, 15) is 0 Å². The number of para-hydroxylation sites is 7. The van der Waals surface area contributed by atoms with E-state index in [1.165, 1.54) is 134 Å². The zero-order chi connectivity index (χ0) is 93.4. The second-order valence-electron chi connectivity index (χ2n) is 31.9. The zero-order valence-corrected chi connectivity index (χ0v) is 80.2. The maximum Gasteiger partial charge on any atom is 0.123 e. The van der Waals surface area contributed by atoms with Crippen molar-refractivity contribution in [1.29, 1.82) is 0 Å². The normalized spacial score (nSPS) is 10.0. The smallest absolute Gasteiger partial charge is 0.123 e. The highest BCUT2D eigenvalue weighted by atomic mass is 16.5. The Morgan fingerprint density at radius 1 is 0.217 bits per heavy atom. The molecule has 129 heavy (non-hydrogen) atoms. The molecule has 8 aromatic carbocycles. The molecule has 8 aromatic rings. The van der Waals surface area contributed by atoms with Crippen molar-refractivity contribution < 1.29 is 33.2 Å². The quantitative estimate of drug-likeness (QED) is 0.0278. The van der Waals surface area contributed by atoms with E-state index in [1.54, 1.807) is 0 Å². The Labute approximate surface area is 786 Å². The summed E-state index contributed by atoms with van der Waals surface area (Å²) in [4.78, 5) is 0. The molecule has 0 N–H and O–H groups in total. The molecule has 0 saturated carbocycles. The molecular weight excluding hydrogens is 1580 g/mol. The second-order valence-corrected chi connectivity index (χ2v) is 31.9. The van der Waals surface area contributed by atoms with Crippen LogP contribution in [0.3, 0.4) is 0 Å². The summed E-state index contributed by atoms with van der Waals surface area (Å²) >= 11 is 0. The molecule has 0 amide bonds. The number of hydrogen-bond acceptors (Lipinski definition) is 7. The molecule has 0 unspecified atom stereocenters. The molecule has 7 heteroatoms. The molecule has 0 aliphatic rings. The number of allylic oxidation sites excluding steroid dienone is 12. The first kappa shape index (κ1) is 114. The fourth-order valence-corrected chi connectivity index (χ4v) is 13.4. The first-order valence-corrected chi connectivity index (χ1v) is 48.1. The maximum atomic E-state index is 6.01. The van der Waals surface area contributed by atoms with Crippen LogP contribution in [0.25, 0.3) is 6.08 Å². The van der Waals surface area contributed by atoms with E-state index >= 15 is 0 Å². The van der Waals surface area contributed by atoms with Crippen LogP contribution in [0.1, 0.15) is 257 Å². The van der Waals surface area contributed by atoms with Crippen molar-refractivity contribution >= 4 is 6.08 Å². The van der Waals surface area contributed by atoms with E-state index in [-0.39, 0.29) is 0 Å². The van der Waals surface area contributed by atoms with Crippen LogP contribution in [0.2, 0.25) is 0 Å². The molecule has 0 aliphatic heterocycles. The highest BCUT2D eigenvalue weighted by molar-refractivity contribution is 5.47. The van der Waals surface area contributed by atoms with E-state index in [4.69, 9.17) is 33.2 Å². The third-order valence-electron chi connectivity index (χ3n) is 20.7. The predicted octanol–water partition coefficient (Wildman–Crippen LogP) is 35.0. The molecule has 0 bridgehead atoms. The SMILES string of the molecule is C=CCCCCCCOc1ccccc1CCCCCCC=C.C=CCCCCCOc1ccccc1CCCCCC=C.C=CCCCCOc1ccccc1CCCCC=C.C=CCCCOc1ccccc1CCCC=C.C=CCCOc1ccccc1CCC=C.C=CCc1ccccc1OCC=C(C)C.C=CCc1ccccc1OCc1ccc(C=C)cc1. The molecule has 0 radical (unpaired) electrons. The van der Waals surface area contributed by atoms with Crippen molar-refractivity contribution in [2.24, 2.45) is 0 Å². The van der Waals surface area contributed by atoms with Gasteiger partial charge in [0.25, 0.3) is 0 Å². The summed E-state index contributed by atoms with van der Waals surface area (Å²) in [6.45, 7) is 57.9. The number of benzene rings is 8. The monoisotopic (exact) mass is 1740 g/mol. The van der Waals surface area contributed by atoms with Gasteiger partial charge >= 0.3 is 0 Å². The molecule has 8 rings (SSSR count). The van der Waals surface area contributed by atoms with Crippen LogP contribution < -0.4 is 33.2 Å². The summed E-state index contributed by atoms with van der Waals surface area (Å²) in [6, 6.07) is 66.2. The fraction of sp³-hybridized carbons (Fsp3) is 0.377. The molecule has 0 saturated heterocycles. The van der Waals surface area contributed by atoms with Crippen molar-refractivity contribution in [3.63, 3.8) is 0 Å². The minimum Gasteiger partial charge on any atom is -0.493 e. The third-order valence-corrected chi connectivity index (χ3v) is 20.7. The molecular formula is C122H166O7. The van der Waals surface area contributed by atoms with Gasteiger partial charge in [-0.2, -0.15) is 0 Å². The van der Waals surface area contributed by atoms with Crippen molar-refractivity contribution in [3.05, 3.63) is 414 Å². The van der Waals surface area contributed by atoms with E-state index in [2.05, 4.69) is 221 Å². The summed E-state index contributed by atoms with van der Waals surface area (Å²) in [5, 5.41) is 0. The maximum absolute atomic E-state index is 6.01. The van der Waals surface area contributed by atoms with Gasteiger partial charge in [-0.1, -0.05) is 275 Å². The second kappa shape index (κ2) is 83.6.